The Morgan fingerprint density at radius 3 is 2.64 bits per heavy atom. The van der Waals surface area contributed by atoms with Crippen LogP contribution in [0.5, 0.6) is 5.75 Å². The molecule has 1 unspecified atom stereocenters. The summed E-state index contributed by atoms with van der Waals surface area (Å²) in [4.78, 5) is 0. The molecule has 0 saturated carbocycles. The number of anilines is 1. The van der Waals surface area contributed by atoms with Crippen molar-refractivity contribution in [2.24, 2.45) is 0 Å². The smallest absolute Gasteiger partial charge is 0.126 e. The molecule has 3 nitrogen and oxygen atoms in total. The molecule has 0 aromatic heterocycles. The highest BCUT2D eigenvalue weighted by Gasteiger charge is 2.27. The Balaban J connectivity index is 1.97. The van der Waals surface area contributed by atoms with Gasteiger partial charge in [-0.1, -0.05) is 42.5 Å². The fourth-order valence-electron chi connectivity index (χ4n) is 3.70. The van der Waals surface area contributed by atoms with Gasteiger partial charge in [0.05, 0.1) is 25.4 Å². The summed E-state index contributed by atoms with van der Waals surface area (Å²) in [5.41, 5.74) is 5.69. The third kappa shape index (κ3) is 4.48. The predicted octanol–water partition coefficient (Wildman–Crippen LogP) is 6.32. The minimum Gasteiger partial charge on any atom is -0.496 e. The average Bonchev–Trinajstić information content (AvgIpc) is 2.69. The zero-order chi connectivity index (χ0) is 20.1. The van der Waals surface area contributed by atoms with Crippen molar-refractivity contribution >= 4 is 11.3 Å². The molecule has 1 aliphatic heterocycles. The fraction of sp³-hybridized carbons (Fsp3) is 0.360. The first kappa shape index (κ1) is 20.2. The zero-order valence-electron chi connectivity index (χ0n) is 17.6. The highest BCUT2D eigenvalue weighted by atomic mass is 16.5. The van der Waals surface area contributed by atoms with Crippen LogP contribution >= 0.6 is 0 Å². The van der Waals surface area contributed by atoms with Crippen molar-refractivity contribution in [1.29, 1.82) is 0 Å². The third-order valence-corrected chi connectivity index (χ3v) is 5.05. The number of fused-ring (bicyclic) bond motifs is 1. The Morgan fingerprint density at radius 1 is 1.11 bits per heavy atom. The second kappa shape index (κ2) is 8.66. The van der Waals surface area contributed by atoms with Crippen LogP contribution in [-0.4, -0.2) is 25.4 Å². The fourth-order valence-corrected chi connectivity index (χ4v) is 3.70. The van der Waals surface area contributed by atoms with E-state index in [4.69, 9.17) is 9.47 Å². The maximum absolute atomic E-state index is 6.15. The summed E-state index contributed by atoms with van der Waals surface area (Å²) in [5.74, 6) is 0.882. The van der Waals surface area contributed by atoms with Gasteiger partial charge in [0.15, 0.2) is 0 Å². The van der Waals surface area contributed by atoms with Crippen LogP contribution in [0.25, 0.3) is 16.7 Å². The van der Waals surface area contributed by atoms with Gasteiger partial charge in [-0.3, -0.25) is 0 Å². The lowest BCUT2D eigenvalue weighted by Crippen LogP contribution is -2.33. The lowest BCUT2D eigenvalue weighted by molar-refractivity contribution is 0.107. The van der Waals surface area contributed by atoms with Crippen LogP contribution in [0.1, 0.15) is 39.7 Å². The molecule has 0 saturated heterocycles. The van der Waals surface area contributed by atoms with E-state index < -0.39 is 0 Å². The van der Waals surface area contributed by atoms with E-state index >= 15 is 0 Å². The number of rotatable bonds is 7. The van der Waals surface area contributed by atoms with Crippen molar-refractivity contribution in [2.45, 2.75) is 45.8 Å². The minimum atomic E-state index is -0.116. The number of para-hydroxylation sites is 1. The molecule has 0 radical (unpaired) electrons. The van der Waals surface area contributed by atoms with Crippen LogP contribution in [0.4, 0.5) is 5.69 Å². The van der Waals surface area contributed by atoms with Gasteiger partial charge in [0.1, 0.15) is 5.75 Å². The second-order valence-corrected chi connectivity index (χ2v) is 7.78. The molecule has 28 heavy (non-hydrogen) atoms. The Hall–Kier alpha value is -2.52. The van der Waals surface area contributed by atoms with Crippen LogP contribution < -0.4 is 10.1 Å². The molecule has 3 heteroatoms. The number of hydrogen-bond donors (Lipinski definition) is 1. The van der Waals surface area contributed by atoms with Crippen molar-refractivity contribution in [3.63, 3.8) is 0 Å². The van der Waals surface area contributed by atoms with E-state index in [1.807, 2.05) is 25.1 Å². The van der Waals surface area contributed by atoms with Gasteiger partial charge in [-0.05, 0) is 63.5 Å². The molecule has 3 rings (SSSR count). The highest BCUT2D eigenvalue weighted by Crippen LogP contribution is 2.40. The van der Waals surface area contributed by atoms with Gasteiger partial charge in [0, 0.05) is 16.8 Å². The Morgan fingerprint density at radius 2 is 1.89 bits per heavy atom. The van der Waals surface area contributed by atoms with E-state index in [1.165, 1.54) is 11.1 Å². The van der Waals surface area contributed by atoms with Crippen LogP contribution in [-0.2, 0) is 4.74 Å². The van der Waals surface area contributed by atoms with E-state index in [0.717, 1.165) is 35.6 Å². The highest BCUT2D eigenvalue weighted by molar-refractivity contribution is 5.86. The molecule has 1 N–H and O–H groups in total. The third-order valence-electron chi connectivity index (χ3n) is 5.05. The van der Waals surface area contributed by atoms with Gasteiger partial charge < -0.3 is 14.8 Å². The molecule has 2 aromatic rings. The summed E-state index contributed by atoms with van der Waals surface area (Å²) in [7, 11) is 1.72. The summed E-state index contributed by atoms with van der Waals surface area (Å²) < 4.78 is 11.7. The van der Waals surface area contributed by atoms with E-state index in [2.05, 4.69) is 68.6 Å². The van der Waals surface area contributed by atoms with Gasteiger partial charge >= 0.3 is 0 Å². The van der Waals surface area contributed by atoms with E-state index in [0.29, 0.717) is 0 Å². The van der Waals surface area contributed by atoms with Gasteiger partial charge in [-0.15, -0.1) is 0 Å². The van der Waals surface area contributed by atoms with Crippen molar-refractivity contribution in [2.75, 3.05) is 19.0 Å². The molecule has 0 fully saturated rings. The number of allylic oxidation sites excluding steroid dienone is 1. The molecule has 0 aliphatic carbocycles. The molecule has 0 spiro atoms. The molecular weight excluding hydrogens is 346 g/mol. The number of nitrogens with one attached hydrogen (secondary N) is 1. The number of methoxy groups -OCH3 is 1. The van der Waals surface area contributed by atoms with Crippen molar-refractivity contribution in [1.82, 2.24) is 0 Å². The minimum absolute atomic E-state index is 0.0262. The van der Waals surface area contributed by atoms with Crippen LogP contribution in [0.2, 0.25) is 0 Å². The van der Waals surface area contributed by atoms with Gasteiger partial charge in [-0.2, -0.15) is 0 Å². The SMILES string of the molecule is CC=CCCOC(C)C1=CC(C)(C)Nc2ccc(-c3ccccc3OC)cc21. The van der Waals surface area contributed by atoms with Gasteiger partial charge in [0.25, 0.3) is 0 Å². The molecule has 0 amide bonds. The first-order chi connectivity index (χ1) is 13.4. The lowest BCUT2D eigenvalue weighted by Gasteiger charge is -2.34. The molecular formula is C25H31NO2. The summed E-state index contributed by atoms with van der Waals surface area (Å²) >= 11 is 0. The molecule has 1 heterocycles. The summed E-state index contributed by atoms with van der Waals surface area (Å²) in [6.45, 7) is 9.28. The predicted molar refractivity (Wildman–Crippen MR) is 119 cm³/mol. The maximum Gasteiger partial charge on any atom is 0.126 e. The van der Waals surface area contributed by atoms with Crippen LogP contribution in [0, 0.1) is 0 Å². The normalized spacial score (nSPS) is 16.2. The molecule has 1 aliphatic rings. The largest absolute Gasteiger partial charge is 0.496 e. The lowest BCUT2D eigenvalue weighted by atomic mass is 9.86. The maximum atomic E-state index is 6.15. The zero-order valence-corrected chi connectivity index (χ0v) is 17.6. The standard InChI is InChI=1S/C25H31NO2/c1-6-7-10-15-28-18(2)22-17-25(3,4)26-23-14-13-19(16-21(22)23)20-11-8-9-12-24(20)27-5/h6-9,11-14,16-18,26H,10,15H2,1-5H3. The van der Waals surface area contributed by atoms with E-state index in [1.54, 1.807) is 7.11 Å². The molecule has 0 bridgehead atoms. The van der Waals surface area contributed by atoms with Crippen molar-refractivity contribution in [3.8, 4) is 16.9 Å². The van der Waals surface area contributed by atoms with Crippen LogP contribution in [0.3, 0.4) is 0 Å². The molecule has 1 atom stereocenters. The van der Waals surface area contributed by atoms with E-state index in [9.17, 15) is 0 Å². The summed E-state index contributed by atoms with van der Waals surface area (Å²) in [6.07, 6.45) is 7.46. The van der Waals surface area contributed by atoms with E-state index in [-0.39, 0.29) is 11.6 Å². The number of benzene rings is 2. The average molecular weight is 378 g/mol. The molecule has 148 valence electrons. The Labute approximate surface area is 169 Å². The van der Waals surface area contributed by atoms with Crippen LogP contribution in [0.15, 0.2) is 60.7 Å². The Kier molecular flexibility index (Phi) is 6.25. The second-order valence-electron chi connectivity index (χ2n) is 7.78. The first-order valence-corrected chi connectivity index (χ1v) is 9.96. The monoisotopic (exact) mass is 377 g/mol. The summed E-state index contributed by atoms with van der Waals surface area (Å²) in [5, 5.41) is 3.63. The number of ether oxygens (including phenoxy) is 2. The topological polar surface area (TPSA) is 30.5 Å². The van der Waals surface area contributed by atoms with Crippen molar-refractivity contribution in [3.05, 3.63) is 66.3 Å². The van der Waals surface area contributed by atoms with Gasteiger partial charge in [-0.25, -0.2) is 0 Å². The first-order valence-electron chi connectivity index (χ1n) is 9.96. The number of hydrogen-bond acceptors (Lipinski definition) is 3. The Bertz CT molecular complexity index is 880. The van der Waals surface area contributed by atoms with Gasteiger partial charge in [0.2, 0.25) is 0 Å². The molecule has 2 aromatic carbocycles. The summed E-state index contributed by atoms with van der Waals surface area (Å²) in [6, 6.07) is 14.7. The quantitative estimate of drug-likeness (QED) is 0.452. The van der Waals surface area contributed by atoms with Crippen molar-refractivity contribution < 1.29 is 9.47 Å².